The number of para-hydroxylation sites is 1. The fraction of sp³-hybridized carbons (Fsp3) is 0.250. The molecular formula is C24H23ClFN5O4S. The Labute approximate surface area is 212 Å². The molecule has 2 aliphatic heterocycles. The van der Waals surface area contributed by atoms with E-state index in [0.717, 1.165) is 5.01 Å². The summed E-state index contributed by atoms with van der Waals surface area (Å²) >= 11 is 6.00. The number of anilines is 1. The topological polar surface area (TPSA) is 97.0 Å². The van der Waals surface area contributed by atoms with Crippen LogP contribution in [-0.4, -0.2) is 72.4 Å². The molecule has 1 aromatic heterocycles. The number of amides is 2. The lowest BCUT2D eigenvalue weighted by molar-refractivity contribution is -0.147. The first kappa shape index (κ1) is 24.3. The average molecular weight is 532 g/mol. The second kappa shape index (κ2) is 9.57. The molecule has 5 rings (SSSR count). The Bertz CT molecular complexity index is 1440. The molecule has 2 aliphatic rings. The number of hydrogen-bond donors (Lipinski definition) is 1. The predicted octanol–water partition coefficient (Wildman–Crippen LogP) is 2.97. The van der Waals surface area contributed by atoms with E-state index in [1.807, 2.05) is 0 Å². The van der Waals surface area contributed by atoms with Gasteiger partial charge < -0.3 is 9.88 Å². The number of aromatic nitrogens is 1. The van der Waals surface area contributed by atoms with Gasteiger partial charge in [0.25, 0.3) is 15.9 Å². The van der Waals surface area contributed by atoms with E-state index in [1.165, 1.54) is 32.6 Å². The Morgan fingerprint density at radius 3 is 2.47 bits per heavy atom. The molecule has 1 atom stereocenters. The Balaban J connectivity index is 1.28. The van der Waals surface area contributed by atoms with Crippen molar-refractivity contribution < 1.29 is 22.4 Å². The van der Waals surface area contributed by atoms with Crippen LogP contribution in [-0.2, 0) is 19.6 Å². The minimum absolute atomic E-state index is 0.0459. The summed E-state index contributed by atoms with van der Waals surface area (Å²) in [7, 11) is -3.82. The van der Waals surface area contributed by atoms with Crippen molar-refractivity contribution in [3.8, 4) is 0 Å². The summed E-state index contributed by atoms with van der Waals surface area (Å²) < 4.78 is 41.4. The molecule has 12 heteroatoms. The van der Waals surface area contributed by atoms with Gasteiger partial charge >= 0.3 is 0 Å². The fourth-order valence-corrected chi connectivity index (χ4v) is 6.03. The van der Waals surface area contributed by atoms with Gasteiger partial charge in [-0.3, -0.25) is 14.6 Å². The minimum Gasteiger partial charge on any atom is -0.345 e. The van der Waals surface area contributed by atoms with E-state index in [2.05, 4.69) is 4.98 Å². The first-order valence-corrected chi connectivity index (χ1v) is 13.1. The summed E-state index contributed by atoms with van der Waals surface area (Å²) in [6, 6.07) is 15.4. The van der Waals surface area contributed by atoms with Crippen molar-refractivity contribution in [2.45, 2.75) is 5.03 Å². The van der Waals surface area contributed by atoms with Gasteiger partial charge in [-0.1, -0.05) is 29.8 Å². The van der Waals surface area contributed by atoms with E-state index in [0.29, 0.717) is 21.6 Å². The van der Waals surface area contributed by atoms with Crippen LogP contribution >= 0.6 is 11.6 Å². The number of carbonyl (C=O) groups is 2. The van der Waals surface area contributed by atoms with Crippen molar-refractivity contribution in [1.82, 2.24) is 19.2 Å². The standard InChI is InChI=1S/C24H23ClFN5O4S/c25-18-6-7-21-17(14-18)15-22(27-21)36(34,35)29-12-10-28(11-13-29)23(32)20-8-9-30(31(16-26)24(20)33)19-4-2-1-3-5-19/h1-9,14-15,20,27H,10-13,16H2. The maximum atomic E-state index is 13.8. The molecule has 2 amide bonds. The summed E-state index contributed by atoms with van der Waals surface area (Å²) in [5.41, 5.74) is 1.24. The Morgan fingerprint density at radius 1 is 1.06 bits per heavy atom. The molecule has 0 saturated carbocycles. The second-order valence-electron chi connectivity index (χ2n) is 8.45. The number of piperazine rings is 1. The summed E-state index contributed by atoms with van der Waals surface area (Å²) in [6.45, 7) is -0.737. The first-order valence-electron chi connectivity index (χ1n) is 11.3. The van der Waals surface area contributed by atoms with Crippen molar-refractivity contribution in [1.29, 1.82) is 0 Å². The highest BCUT2D eigenvalue weighted by Crippen LogP contribution is 2.27. The van der Waals surface area contributed by atoms with Crippen LogP contribution in [0.25, 0.3) is 10.9 Å². The summed E-state index contributed by atoms with van der Waals surface area (Å²) in [4.78, 5) is 30.5. The van der Waals surface area contributed by atoms with E-state index >= 15 is 0 Å². The van der Waals surface area contributed by atoms with Gasteiger partial charge in [0.05, 0.1) is 5.69 Å². The Hall–Kier alpha value is -3.41. The van der Waals surface area contributed by atoms with Gasteiger partial charge in [0, 0.05) is 48.3 Å². The number of aromatic amines is 1. The fourth-order valence-electron chi connectivity index (χ4n) is 4.41. The lowest BCUT2D eigenvalue weighted by Gasteiger charge is -2.39. The third-order valence-corrected chi connectivity index (χ3v) is 8.38. The van der Waals surface area contributed by atoms with Gasteiger partial charge in [0.1, 0.15) is 10.9 Å². The Morgan fingerprint density at radius 2 is 1.78 bits per heavy atom. The van der Waals surface area contributed by atoms with E-state index in [4.69, 9.17) is 11.6 Å². The molecule has 1 unspecified atom stereocenters. The zero-order chi connectivity index (χ0) is 25.4. The highest BCUT2D eigenvalue weighted by Gasteiger charge is 2.39. The van der Waals surface area contributed by atoms with Crippen molar-refractivity contribution in [3.63, 3.8) is 0 Å². The minimum atomic E-state index is -3.82. The zero-order valence-corrected chi connectivity index (χ0v) is 20.6. The molecule has 188 valence electrons. The molecule has 0 bridgehead atoms. The quantitative estimate of drug-likeness (QED) is 0.403. The number of carbonyl (C=O) groups excluding carboxylic acids is 2. The van der Waals surface area contributed by atoms with Crippen molar-refractivity contribution in [2.75, 3.05) is 38.0 Å². The average Bonchev–Trinajstić information content (AvgIpc) is 3.33. The van der Waals surface area contributed by atoms with Crippen LogP contribution in [0.15, 0.2) is 71.9 Å². The lowest BCUT2D eigenvalue weighted by Crippen LogP contribution is -2.56. The van der Waals surface area contributed by atoms with Crippen LogP contribution in [0, 0.1) is 5.92 Å². The van der Waals surface area contributed by atoms with E-state index in [-0.39, 0.29) is 31.2 Å². The number of nitrogens with zero attached hydrogens (tertiary/aromatic N) is 4. The molecule has 1 fully saturated rings. The number of halogens is 2. The van der Waals surface area contributed by atoms with Crippen LogP contribution in [0.1, 0.15) is 0 Å². The molecule has 3 heterocycles. The number of benzene rings is 2. The van der Waals surface area contributed by atoms with Gasteiger partial charge in [-0.2, -0.15) is 4.31 Å². The summed E-state index contributed by atoms with van der Waals surface area (Å²) in [5.74, 6) is -2.34. The number of hydrazine groups is 1. The molecule has 1 N–H and O–H groups in total. The molecule has 0 spiro atoms. The van der Waals surface area contributed by atoms with Crippen LogP contribution in [0.3, 0.4) is 0 Å². The maximum absolute atomic E-state index is 13.8. The maximum Gasteiger partial charge on any atom is 0.260 e. The molecule has 3 aromatic rings. The number of H-pyrrole nitrogens is 1. The van der Waals surface area contributed by atoms with Crippen LogP contribution in [0.5, 0.6) is 0 Å². The highest BCUT2D eigenvalue weighted by atomic mass is 35.5. The molecule has 0 aliphatic carbocycles. The normalized spacial score (nSPS) is 19.3. The van der Waals surface area contributed by atoms with Gasteiger partial charge in [0.15, 0.2) is 6.80 Å². The lowest BCUT2D eigenvalue weighted by atomic mass is 10.0. The monoisotopic (exact) mass is 531 g/mol. The van der Waals surface area contributed by atoms with E-state index in [9.17, 15) is 22.4 Å². The van der Waals surface area contributed by atoms with Crippen molar-refractivity contribution in [3.05, 3.63) is 71.9 Å². The smallest absolute Gasteiger partial charge is 0.260 e. The number of sulfonamides is 1. The number of fused-ring (bicyclic) bond motifs is 1. The largest absolute Gasteiger partial charge is 0.345 e. The van der Waals surface area contributed by atoms with Crippen LogP contribution < -0.4 is 5.01 Å². The van der Waals surface area contributed by atoms with Gasteiger partial charge in [-0.25, -0.2) is 17.8 Å². The Kier molecular flexibility index (Phi) is 6.45. The van der Waals surface area contributed by atoms with Gasteiger partial charge in [0.2, 0.25) is 5.91 Å². The van der Waals surface area contributed by atoms with Crippen LogP contribution in [0.4, 0.5) is 10.1 Å². The van der Waals surface area contributed by atoms with Crippen molar-refractivity contribution >= 4 is 50.0 Å². The van der Waals surface area contributed by atoms with Gasteiger partial charge in [-0.05, 0) is 42.5 Å². The molecule has 0 radical (unpaired) electrons. The molecule has 1 saturated heterocycles. The van der Waals surface area contributed by atoms with Crippen LogP contribution in [0.2, 0.25) is 5.02 Å². The van der Waals surface area contributed by atoms with Gasteiger partial charge in [-0.15, -0.1) is 0 Å². The zero-order valence-electron chi connectivity index (χ0n) is 19.0. The highest BCUT2D eigenvalue weighted by molar-refractivity contribution is 7.89. The third-order valence-electron chi connectivity index (χ3n) is 6.33. The molecule has 9 nitrogen and oxygen atoms in total. The number of hydrogen-bond acceptors (Lipinski definition) is 5. The van der Waals surface area contributed by atoms with E-state index < -0.39 is 34.6 Å². The van der Waals surface area contributed by atoms with Crippen molar-refractivity contribution in [2.24, 2.45) is 5.92 Å². The molecule has 36 heavy (non-hydrogen) atoms. The number of rotatable bonds is 5. The second-order valence-corrected chi connectivity index (χ2v) is 10.8. The third kappa shape index (κ3) is 4.34. The predicted molar refractivity (Wildman–Crippen MR) is 133 cm³/mol. The number of nitrogens with one attached hydrogen (secondary N) is 1. The summed E-state index contributed by atoms with van der Waals surface area (Å²) in [5, 5.41) is 3.47. The molecular weight excluding hydrogens is 509 g/mol. The number of alkyl halides is 1. The first-order chi connectivity index (χ1) is 17.3. The van der Waals surface area contributed by atoms with E-state index in [1.54, 1.807) is 48.5 Å². The SMILES string of the molecule is O=C(C1C=CN(c2ccccc2)N(CF)C1=O)N1CCN(S(=O)(=O)c2cc3cc(Cl)ccc3[nH]2)CC1. The summed E-state index contributed by atoms with van der Waals surface area (Å²) in [6.07, 6.45) is 2.95. The molecule has 2 aromatic carbocycles.